The second-order valence-corrected chi connectivity index (χ2v) is 7.58. The molecular weight excluding hydrogens is 360 g/mol. The van der Waals surface area contributed by atoms with Gasteiger partial charge in [-0.1, -0.05) is 17.9 Å². The van der Waals surface area contributed by atoms with Gasteiger partial charge in [-0.25, -0.2) is 14.2 Å². The number of anilines is 2. The van der Waals surface area contributed by atoms with Crippen molar-refractivity contribution in [1.29, 1.82) is 0 Å². The monoisotopic (exact) mass is 378 g/mol. The molecular formula is C20H18N4O2S. The minimum atomic E-state index is -2.77. The van der Waals surface area contributed by atoms with Crippen LogP contribution in [0.4, 0.5) is 11.6 Å². The maximum atomic E-state index is 11.8. The van der Waals surface area contributed by atoms with E-state index in [9.17, 15) is 4.21 Å². The van der Waals surface area contributed by atoms with Gasteiger partial charge in [0.1, 0.15) is 5.75 Å². The Bertz CT molecular complexity index is 1100. The fourth-order valence-electron chi connectivity index (χ4n) is 2.19. The highest BCUT2D eigenvalue weighted by Gasteiger charge is 2.04. The van der Waals surface area contributed by atoms with Gasteiger partial charge in [-0.3, -0.25) is 5.14 Å². The molecule has 3 N–H and O–H groups in total. The first kappa shape index (κ1) is 18.5. The van der Waals surface area contributed by atoms with E-state index in [2.05, 4.69) is 33.0 Å². The lowest BCUT2D eigenvalue weighted by Crippen LogP contribution is -2.12. The highest BCUT2D eigenvalue weighted by molar-refractivity contribution is 7.98. The van der Waals surface area contributed by atoms with Crippen molar-refractivity contribution in [3.05, 3.63) is 72.1 Å². The normalized spacial score (nSPS) is 12.4. The third kappa shape index (κ3) is 5.07. The first-order chi connectivity index (χ1) is 12.9. The lowest BCUT2D eigenvalue weighted by Gasteiger charge is -2.07. The van der Waals surface area contributed by atoms with Crippen molar-refractivity contribution >= 4 is 27.2 Å². The van der Waals surface area contributed by atoms with Crippen LogP contribution < -0.4 is 15.2 Å². The molecule has 0 fully saturated rings. The van der Waals surface area contributed by atoms with Gasteiger partial charge in [0, 0.05) is 28.5 Å². The molecule has 0 saturated carbocycles. The summed E-state index contributed by atoms with van der Waals surface area (Å²) in [6, 6.07) is 14.3. The molecule has 0 bridgehead atoms. The predicted molar refractivity (Wildman–Crippen MR) is 108 cm³/mol. The Morgan fingerprint density at radius 2 is 1.74 bits per heavy atom. The van der Waals surface area contributed by atoms with Gasteiger partial charge in [-0.05, 0) is 48.3 Å². The summed E-state index contributed by atoms with van der Waals surface area (Å²) in [5, 5.41) is 8.61. The second-order valence-electron chi connectivity index (χ2n) is 5.65. The first-order valence-corrected chi connectivity index (χ1v) is 9.73. The molecule has 1 heterocycles. The van der Waals surface area contributed by atoms with E-state index in [4.69, 9.17) is 9.88 Å². The van der Waals surface area contributed by atoms with E-state index in [0.717, 1.165) is 11.3 Å². The van der Waals surface area contributed by atoms with Gasteiger partial charge < -0.3 is 10.1 Å². The Kier molecular flexibility index (Phi) is 5.41. The maximum absolute atomic E-state index is 11.8. The topological polar surface area (TPSA) is 90.1 Å². The van der Waals surface area contributed by atoms with Gasteiger partial charge in [0.25, 0.3) is 0 Å². The summed E-state index contributed by atoms with van der Waals surface area (Å²) in [4.78, 5) is 8.94. The van der Waals surface area contributed by atoms with Crippen molar-refractivity contribution in [3.8, 4) is 17.6 Å². The minimum Gasteiger partial charge on any atom is -0.497 e. The average molecular weight is 378 g/mol. The number of rotatable bonds is 4. The zero-order valence-electron chi connectivity index (χ0n) is 14.7. The van der Waals surface area contributed by atoms with Crippen LogP contribution in [0.25, 0.3) is 0 Å². The largest absolute Gasteiger partial charge is 0.497 e. The molecule has 0 amide bonds. The molecule has 2 aromatic carbocycles. The van der Waals surface area contributed by atoms with Crippen LogP contribution in [-0.4, -0.2) is 27.2 Å². The zero-order chi connectivity index (χ0) is 19.3. The highest BCUT2D eigenvalue weighted by atomic mass is 32.2. The molecule has 0 radical (unpaired) electrons. The summed E-state index contributed by atoms with van der Waals surface area (Å²) in [5.41, 5.74) is 2.23. The van der Waals surface area contributed by atoms with Crippen molar-refractivity contribution in [2.24, 2.45) is 5.14 Å². The molecule has 1 atom stereocenters. The molecule has 3 aromatic rings. The van der Waals surface area contributed by atoms with Crippen LogP contribution in [0.5, 0.6) is 5.75 Å². The first-order valence-electron chi connectivity index (χ1n) is 7.94. The molecule has 27 heavy (non-hydrogen) atoms. The molecule has 1 unspecified atom stereocenters. The number of hydrogen-bond acceptors (Lipinski definition) is 5. The lowest BCUT2D eigenvalue weighted by molar-refractivity contribution is 0.415. The molecule has 0 spiro atoms. The molecule has 7 heteroatoms. The molecule has 136 valence electrons. The Morgan fingerprint density at radius 1 is 1.07 bits per heavy atom. The second kappa shape index (κ2) is 7.91. The third-order valence-corrected chi connectivity index (χ3v) is 4.63. The van der Waals surface area contributed by atoms with E-state index in [1.165, 1.54) is 0 Å². The van der Waals surface area contributed by atoms with Crippen LogP contribution in [-0.2, 0) is 9.71 Å². The van der Waals surface area contributed by atoms with Crippen LogP contribution in [0.15, 0.2) is 65.8 Å². The van der Waals surface area contributed by atoms with Gasteiger partial charge in [-0.15, -0.1) is 0 Å². The quantitative estimate of drug-likeness (QED) is 0.538. The Morgan fingerprint density at radius 3 is 2.37 bits per heavy atom. The summed E-state index contributed by atoms with van der Waals surface area (Å²) in [6.07, 6.45) is 3.26. The van der Waals surface area contributed by atoms with E-state index in [1.807, 2.05) is 24.3 Å². The fraction of sp³-hybridized carbons (Fsp3) is 0.0500. The van der Waals surface area contributed by atoms with E-state index in [1.54, 1.807) is 43.8 Å². The van der Waals surface area contributed by atoms with E-state index >= 15 is 0 Å². The minimum absolute atomic E-state index is 0.398. The SMILES string of the molecule is C=S(N)(=O)c1cccc(Nc2ncc(C#Cc3ccc(OC)cc3)cn2)c1. The van der Waals surface area contributed by atoms with Gasteiger partial charge in [-0.2, -0.15) is 0 Å². The van der Waals surface area contributed by atoms with Crippen molar-refractivity contribution in [3.63, 3.8) is 0 Å². The number of ether oxygens (including phenoxy) is 1. The fourth-order valence-corrected chi connectivity index (χ4v) is 2.83. The number of nitrogens with zero attached hydrogens (tertiary/aromatic N) is 2. The number of hydrogen-bond donors (Lipinski definition) is 2. The summed E-state index contributed by atoms with van der Waals surface area (Å²) in [7, 11) is -1.15. The smallest absolute Gasteiger partial charge is 0.227 e. The Hall–Kier alpha value is -3.34. The standard InChI is InChI=1S/C20H18N4O2S/c1-26-18-10-8-15(9-11-18)6-7-16-13-22-20(23-14-16)24-17-4-3-5-19(12-17)27(2,21)25/h3-5,8-14H,2H2,1H3,(H2,21,25)(H,22,23,24). The summed E-state index contributed by atoms with van der Waals surface area (Å²) < 4.78 is 17.0. The average Bonchev–Trinajstić information content (AvgIpc) is 2.67. The van der Waals surface area contributed by atoms with E-state index in [-0.39, 0.29) is 0 Å². The number of nitrogens with one attached hydrogen (secondary N) is 1. The van der Waals surface area contributed by atoms with Gasteiger partial charge in [0.05, 0.1) is 22.4 Å². The number of methoxy groups -OCH3 is 1. The van der Waals surface area contributed by atoms with Gasteiger partial charge >= 0.3 is 0 Å². The molecule has 0 saturated heterocycles. The molecule has 6 nitrogen and oxygen atoms in total. The number of benzene rings is 2. The molecule has 1 aromatic heterocycles. The maximum Gasteiger partial charge on any atom is 0.227 e. The van der Waals surface area contributed by atoms with Gasteiger partial charge in [0.15, 0.2) is 0 Å². The zero-order valence-corrected chi connectivity index (χ0v) is 15.5. The van der Waals surface area contributed by atoms with Crippen LogP contribution in [0.2, 0.25) is 0 Å². The summed E-state index contributed by atoms with van der Waals surface area (Å²) >= 11 is 0. The third-order valence-electron chi connectivity index (χ3n) is 3.58. The Balaban J connectivity index is 1.72. The van der Waals surface area contributed by atoms with Crippen molar-refractivity contribution < 1.29 is 8.95 Å². The van der Waals surface area contributed by atoms with Gasteiger partial charge in [0.2, 0.25) is 5.95 Å². The number of nitrogens with two attached hydrogens (primary N) is 1. The van der Waals surface area contributed by atoms with E-state index in [0.29, 0.717) is 22.1 Å². The van der Waals surface area contributed by atoms with Crippen LogP contribution in [0.3, 0.4) is 0 Å². The lowest BCUT2D eigenvalue weighted by atomic mass is 10.2. The molecule has 0 aliphatic rings. The summed E-state index contributed by atoms with van der Waals surface area (Å²) in [5.74, 6) is 10.7. The summed E-state index contributed by atoms with van der Waals surface area (Å²) in [6.45, 7) is 0. The Labute approximate surface area is 158 Å². The molecule has 3 rings (SSSR count). The van der Waals surface area contributed by atoms with Crippen molar-refractivity contribution in [1.82, 2.24) is 9.97 Å². The highest BCUT2D eigenvalue weighted by Crippen LogP contribution is 2.17. The van der Waals surface area contributed by atoms with Crippen molar-refractivity contribution in [2.75, 3.05) is 12.4 Å². The van der Waals surface area contributed by atoms with E-state index < -0.39 is 9.71 Å². The number of aromatic nitrogens is 2. The van der Waals surface area contributed by atoms with Crippen molar-refractivity contribution in [2.45, 2.75) is 4.90 Å². The molecule has 0 aliphatic heterocycles. The predicted octanol–water partition coefficient (Wildman–Crippen LogP) is 2.58. The van der Waals surface area contributed by atoms with Crippen LogP contribution >= 0.6 is 0 Å². The molecule has 0 aliphatic carbocycles. The van der Waals surface area contributed by atoms with Crippen LogP contribution in [0, 0.1) is 11.8 Å². The van der Waals surface area contributed by atoms with Crippen LogP contribution in [0.1, 0.15) is 11.1 Å².